The van der Waals surface area contributed by atoms with Crippen molar-refractivity contribution in [2.45, 2.75) is 45.6 Å². The lowest BCUT2D eigenvalue weighted by molar-refractivity contribution is -0.118. The average molecular weight is 357 g/mol. The summed E-state index contributed by atoms with van der Waals surface area (Å²) in [6.07, 6.45) is 2.36. The molecule has 25 heavy (non-hydrogen) atoms. The number of rotatable bonds is 6. The number of aromatic nitrogens is 1. The van der Waals surface area contributed by atoms with E-state index in [0.717, 1.165) is 11.3 Å². The van der Waals surface area contributed by atoms with E-state index < -0.39 is 6.04 Å². The van der Waals surface area contributed by atoms with Crippen LogP contribution in [0.2, 0.25) is 0 Å². The highest BCUT2D eigenvalue weighted by Crippen LogP contribution is 2.40. The Morgan fingerprint density at radius 3 is 2.68 bits per heavy atom. The van der Waals surface area contributed by atoms with Gasteiger partial charge in [0.1, 0.15) is 6.04 Å². The summed E-state index contributed by atoms with van der Waals surface area (Å²) in [6, 6.07) is 6.72. The SMILES string of the molecule is Cc1cccc(C(=O)NC(C(=O)Nc2nc(C3CC3)cs2)C(C)C)c1. The Kier molecular flexibility index (Phi) is 5.18. The minimum absolute atomic E-state index is 0.0309. The zero-order chi connectivity index (χ0) is 18.0. The average Bonchev–Trinajstić information content (AvgIpc) is 3.32. The molecular formula is C19H23N3O2S. The normalized spacial score (nSPS) is 15.0. The molecule has 0 aliphatic heterocycles. The Bertz CT molecular complexity index is 780. The number of nitrogens with zero attached hydrogens (tertiary/aromatic N) is 1. The summed E-state index contributed by atoms with van der Waals surface area (Å²) in [6.45, 7) is 5.76. The monoisotopic (exact) mass is 357 g/mol. The van der Waals surface area contributed by atoms with E-state index in [1.165, 1.54) is 24.2 Å². The van der Waals surface area contributed by atoms with Gasteiger partial charge in [-0.25, -0.2) is 4.98 Å². The van der Waals surface area contributed by atoms with Crippen molar-refractivity contribution in [3.63, 3.8) is 0 Å². The predicted molar refractivity (Wildman–Crippen MR) is 100.0 cm³/mol. The predicted octanol–water partition coefficient (Wildman–Crippen LogP) is 3.72. The summed E-state index contributed by atoms with van der Waals surface area (Å²) < 4.78 is 0. The zero-order valence-electron chi connectivity index (χ0n) is 14.7. The first-order valence-electron chi connectivity index (χ1n) is 8.58. The molecule has 1 aromatic heterocycles. The second kappa shape index (κ2) is 7.35. The van der Waals surface area contributed by atoms with Gasteiger partial charge < -0.3 is 10.6 Å². The number of hydrogen-bond donors (Lipinski definition) is 2. The first-order valence-corrected chi connectivity index (χ1v) is 9.46. The van der Waals surface area contributed by atoms with E-state index in [1.807, 2.05) is 44.4 Å². The van der Waals surface area contributed by atoms with Crippen LogP contribution in [-0.2, 0) is 4.79 Å². The Labute approximate surface area is 151 Å². The van der Waals surface area contributed by atoms with E-state index in [9.17, 15) is 9.59 Å². The van der Waals surface area contributed by atoms with Gasteiger partial charge in [-0.3, -0.25) is 9.59 Å². The molecule has 0 bridgehead atoms. The molecular weight excluding hydrogens is 334 g/mol. The van der Waals surface area contributed by atoms with E-state index in [-0.39, 0.29) is 17.7 Å². The van der Waals surface area contributed by atoms with Gasteiger partial charge >= 0.3 is 0 Å². The quantitative estimate of drug-likeness (QED) is 0.828. The first-order chi connectivity index (χ1) is 11.9. The second-order valence-corrected chi connectivity index (χ2v) is 7.76. The molecule has 0 saturated heterocycles. The number of thiazole rings is 1. The molecule has 0 spiro atoms. The molecule has 1 aliphatic rings. The van der Waals surface area contributed by atoms with Crippen molar-refractivity contribution in [1.82, 2.24) is 10.3 Å². The van der Waals surface area contributed by atoms with Crippen LogP contribution in [0.25, 0.3) is 0 Å². The minimum Gasteiger partial charge on any atom is -0.340 e. The lowest BCUT2D eigenvalue weighted by Gasteiger charge is -2.21. The van der Waals surface area contributed by atoms with Gasteiger partial charge in [-0.15, -0.1) is 11.3 Å². The molecule has 1 unspecified atom stereocenters. The van der Waals surface area contributed by atoms with Crippen molar-refractivity contribution in [2.75, 3.05) is 5.32 Å². The number of carbonyl (C=O) groups is 2. The van der Waals surface area contributed by atoms with Crippen molar-refractivity contribution in [1.29, 1.82) is 0 Å². The zero-order valence-corrected chi connectivity index (χ0v) is 15.5. The maximum absolute atomic E-state index is 12.6. The fourth-order valence-corrected chi connectivity index (χ4v) is 3.43. The molecule has 132 valence electrons. The summed E-state index contributed by atoms with van der Waals surface area (Å²) in [5.74, 6) is 0.0588. The van der Waals surface area contributed by atoms with E-state index in [2.05, 4.69) is 15.6 Å². The molecule has 1 heterocycles. The molecule has 6 heteroatoms. The van der Waals surface area contributed by atoms with Gasteiger partial charge in [-0.05, 0) is 37.8 Å². The molecule has 1 fully saturated rings. The topological polar surface area (TPSA) is 71.1 Å². The Hall–Kier alpha value is -2.21. The van der Waals surface area contributed by atoms with Crippen molar-refractivity contribution >= 4 is 28.3 Å². The summed E-state index contributed by atoms with van der Waals surface area (Å²) in [5, 5.41) is 8.30. The van der Waals surface area contributed by atoms with Crippen LogP contribution in [-0.4, -0.2) is 22.8 Å². The van der Waals surface area contributed by atoms with Gasteiger partial charge in [-0.1, -0.05) is 31.5 Å². The Balaban J connectivity index is 1.66. The van der Waals surface area contributed by atoms with Crippen molar-refractivity contribution in [2.24, 2.45) is 5.92 Å². The van der Waals surface area contributed by atoms with Crippen LogP contribution in [0.1, 0.15) is 54.2 Å². The highest BCUT2D eigenvalue weighted by atomic mass is 32.1. The third kappa shape index (κ3) is 4.45. The summed E-state index contributed by atoms with van der Waals surface area (Å²) >= 11 is 1.44. The van der Waals surface area contributed by atoms with Crippen LogP contribution in [0.4, 0.5) is 5.13 Å². The smallest absolute Gasteiger partial charge is 0.251 e. The van der Waals surface area contributed by atoms with E-state index in [1.54, 1.807) is 6.07 Å². The van der Waals surface area contributed by atoms with Gasteiger partial charge in [0.2, 0.25) is 5.91 Å². The van der Waals surface area contributed by atoms with Gasteiger partial charge in [0.05, 0.1) is 5.69 Å². The molecule has 2 aromatic rings. The third-order valence-electron chi connectivity index (χ3n) is 4.26. The molecule has 1 saturated carbocycles. The molecule has 5 nitrogen and oxygen atoms in total. The summed E-state index contributed by atoms with van der Waals surface area (Å²) in [5.41, 5.74) is 2.63. The fraction of sp³-hybridized carbons (Fsp3) is 0.421. The summed E-state index contributed by atoms with van der Waals surface area (Å²) in [4.78, 5) is 29.6. The van der Waals surface area contributed by atoms with Crippen molar-refractivity contribution in [3.8, 4) is 0 Å². The number of benzene rings is 1. The van der Waals surface area contributed by atoms with Gasteiger partial charge in [-0.2, -0.15) is 0 Å². The number of amides is 2. The van der Waals surface area contributed by atoms with Gasteiger partial charge in [0, 0.05) is 16.9 Å². The third-order valence-corrected chi connectivity index (χ3v) is 5.04. The van der Waals surface area contributed by atoms with E-state index in [0.29, 0.717) is 16.6 Å². The highest BCUT2D eigenvalue weighted by molar-refractivity contribution is 7.13. The molecule has 3 rings (SSSR count). The fourth-order valence-electron chi connectivity index (χ4n) is 2.64. The molecule has 2 N–H and O–H groups in total. The van der Waals surface area contributed by atoms with Crippen LogP contribution in [0.3, 0.4) is 0 Å². The maximum atomic E-state index is 12.6. The number of anilines is 1. The van der Waals surface area contributed by atoms with Crippen molar-refractivity contribution in [3.05, 3.63) is 46.5 Å². The van der Waals surface area contributed by atoms with Crippen LogP contribution in [0.15, 0.2) is 29.6 Å². The van der Waals surface area contributed by atoms with Crippen molar-refractivity contribution < 1.29 is 9.59 Å². The molecule has 2 amide bonds. The number of aryl methyl sites for hydroxylation is 1. The molecule has 1 atom stereocenters. The number of carbonyl (C=O) groups excluding carboxylic acids is 2. The molecule has 1 aromatic carbocycles. The highest BCUT2D eigenvalue weighted by Gasteiger charge is 2.28. The second-order valence-electron chi connectivity index (χ2n) is 6.91. The number of nitrogens with one attached hydrogen (secondary N) is 2. The van der Waals surface area contributed by atoms with Crippen LogP contribution >= 0.6 is 11.3 Å². The lowest BCUT2D eigenvalue weighted by Crippen LogP contribution is -2.47. The standard InChI is InChI=1S/C19H23N3O2S/c1-11(2)16(21-17(23)14-6-4-5-12(3)9-14)18(24)22-19-20-15(10-25-19)13-7-8-13/h4-6,9-11,13,16H,7-8H2,1-3H3,(H,21,23)(H,20,22,24). The minimum atomic E-state index is -0.610. The molecule has 0 radical (unpaired) electrons. The number of hydrogen-bond acceptors (Lipinski definition) is 4. The Morgan fingerprint density at radius 1 is 1.28 bits per heavy atom. The first kappa shape index (κ1) is 17.6. The largest absolute Gasteiger partial charge is 0.340 e. The lowest BCUT2D eigenvalue weighted by atomic mass is 10.0. The van der Waals surface area contributed by atoms with Gasteiger partial charge in [0.25, 0.3) is 5.91 Å². The Morgan fingerprint density at radius 2 is 2.04 bits per heavy atom. The summed E-state index contributed by atoms with van der Waals surface area (Å²) in [7, 11) is 0. The van der Waals surface area contributed by atoms with Crippen LogP contribution in [0.5, 0.6) is 0 Å². The maximum Gasteiger partial charge on any atom is 0.251 e. The molecule has 1 aliphatic carbocycles. The van der Waals surface area contributed by atoms with Gasteiger partial charge in [0.15, 0.2) is 5.13 Å². The van der Waals surface area contributed by atoms with Crippen LogP contribution < -0.4 is 10.6 Å². The van der Waals surface area contributed by atoms with E-state index in [4.69, 9.17) is 0 Å². The van der Waals surface area contributed by atoms with Crippen LogP contribution in [0, 0.1) is 12.8 Å². The van der Waals surface area contributed by atoms with E-state index >= 15 is 0 Å².